The largest absolute Gasteiger partial charge is 0.476 e. The summed E-state index contributed by atoms with van der Waals surface area (Å²) < 4.78 is 0.262. The normalized spacial score (nSPS) is 18.5. The van der Waals surface area contributed by atoms with Crippen LogP contribution in [0.2, 0.25) is 0 Å². The molecule has 6 heteroatoms. The van der Waals surface area contributed by atoms with E-state index in [1.165, 1.54) is 43.4 Å². The van der Waals surface area contributed by atoms with Crippen LogP contribution in [0.1, 0.15) is 42.6 Å². The van der Waals surface area contributed by atoms with Crippen molar-refractivity contribution in [3.8, 4) is 0 Å². The first-order valence-corrected chi connectivity index (χ1v) is 8.23. The lowest BCUT2D eigenvalue weighted by molar-refractivity contribution is 0.0692. The molecule has 1 aromatic heterocycles. The quantitative estimate of drug-likeness (QED) is 0.869. The molecule has 1 heterocycles. The Bertz CT molecular complexity index is 414. The number of carboxylic acids is 1. The van der Waals surface area contributed by atoms with Crippen molar-refractivity contribution in [1.82, 2.24) is 4.98 Å². The van der Waals surface area contributed by atoms with Gasteiger partial charge in [-0.25, -0.2) is 9.78 Å². The van der Waals surface area contributed by atoms with Gasteiger partial charge in [0.15, 0.2) is 5.69 Å². The second kappa shape index (κ2) is 5.93. The van der Waals surface area contributed by atoms with E-state index < -0.39 is 5.97 Å². The van der Waals surface area contributed by atoms with E-state index in [1.807, 2.05) is 11.8 Å². The summed E-state index contributed by atoms with van der Waals surface area (Å²) in [6.45, 7) is 0.830. The summed E-state index contributed by atoms with van der Waals surface area (Å²) in [6.07, 6.45) is 8.44. The maximum Gasteiger partial charge on any atom is 0.357 e. The molecule has 4 nitrogen and oxygen atoms in total. The van der Waals surface area contributed by atoms with Crippen LogP contribution in [0.15, 0.2) is 5.51 Å². The number of aromatic carboxylic acids is 1. The van der Waals surface area contributed by atoms with E-state index in [0.717, 1.165) is 6.54 Å². The Kier molecular flexibility index (Phi) is 4.50. The number of hydrogen-bond acceptors (Lipinski definition) is 5. The Balaban J connectivity index is 2.01. The van der Waals surface area contributed by atoms with Gasteiger partial charge in [0, 0.05) is 11.3 Å². The molecule has 1 aliphatic rings. The third kappa shape index (κ3) is 2.98. The van der Waals surface area contributed by atoms with Gasteiger partial charge in [0.25, 0.3) is 0 Å². The van der Waals surface area contributed by atoms with Gasteiger partial charge in [0.05, 0.1) is 5.51 Å². The topological polar surface area (TPSA) is 62.2 Å². The molecule has 0 radical (unpaired) electrons. The predicted octanol–water partition coefficient (Wildman–Crippen LogP) is 3.32. The molecule has 2 N–H and O–H groups in total. The first-order valence-electron chi connectivity index (χ1n) is 6.13. The van der Waals surface area contributed by atoms with Gasteiger partial charge in [0.1, 0.15) is 5.00 Å². The Hall–Kier alpha value is -0.750. The predicted molar refractivity (Wildman–Crippen MR) is 76.9 cm³/mol. The number of rotatable bonds is 5. The molecule has 0 aliphatic heterocycles. The Morgan fingerprint density at radius 1 is 1.56 bits per heavy atom. The highest BCUT2D eigenvalue weighted by atomic mass is 32.2. The van der Waals surface area contributed by atoms with Crippen molar-refractivity contribution in [3.05, 3.63) is 11.2 Å². The smallest absolute Gasteiger partial charge is 0.357 e. The van der Waals surface area contributed by atoms with E-state index in [4.69, 9.17) is 5.11 Å². The molecular formula is C12H18N2O2S2. The lowest BCUT2D eigenvalue weighted by atomic mass is 9.88. The molecule has 0 amide bonds. The van der Waals surface area contributed by atoms with Crippen LogP contribution in [-0.4, -0.2) is 33.6 Å². The number of carboxylic acid groups (broad SMARTS) is 1. The SMILES string of the molecule is CSC1(CNc2scnc2C(=O)O)CCCCC1. The Morgan fingerprint density at radius 3 is 2.89 bits per heavy atom. The average molecular weight is 286 g/mol. The minimum Gasteiger partial charge on any atom is -0.476 e. The van der Waals surface area contributed by atoms with Crippen molar-refractivity contribution < 1.29 is 9.90 Å². The third-order valence-corrected chi connectivity index (χ3v) is 5.74. The number of anilines is 1. The zero-order chi connectivity index (χ0) is 13.0. The zero-order valence-corrected chi connectivity index (χ0v) is 12.1. The van der Waals surface area contributed by atoms with Crippen molar-refractivity contribution in [2.45, 2.75) is 36.9 Å². The molecule has 100 valence electrons. The first kappa shape index (κ1) is 13.7. The second-order valence-electron chi connectivity index (χ2n) is 4.64. The van der Waals surface area contributed by atoms with E-state index in [0.29, 0.717) is 5.00 Å². The number of nitrogens with one attached hydrogen (secondary N) is 1. The molecule has 1 saturated carbocycles. The molecular weight excluding hydrogens is 268 g/mol. The van der Waals surface area contributed by atoms with Crippen molar-refractivity contribution in [2.24, 2.45) is 0 Å². The highest BCUT2D eigenvalue weighted by Gasteiger charge is 2.31. The molecule has 0 spiro atoms. The van der Waals surface area contributed by atoms with Crippen molar-refractivity contribution >= 4 is 34.1 Å². The number of hydrogen-bond donors (Lipinski definition) is 2. The van der Waals surface area contributed by atoms with E-state index in [2.05, 4.69) is 16.6 Å². The van der Waals surface area contributed by atoms with Crippen molar-refractivity contribution in [2.75, 3.05) is 18.1 Å². The zero-order valence-electron chi connectivity index (χ0n) is 10.4. The Labute approximate surface area is 115 Å². The van der Waals surface area contributed by atoms with Crippen LogP contribution < -0.4 is 5.32 Å². The summed E-state index contributed by atoms with van der Waals surface area (Å²) in [6, 6.07) is 0. The highest BCUT2D eigenvalue weighted by Crippen LogP contribution is 2.39. The first-order chi connectivity index (χ1) is 8.67. The molecule has 1 aliphatic carbocycles. The third-order valence-electron chi connectivity index (χ3n) is 3.54. The van der Waals surface area contributed by atoms with Crippen LogP contribution in [0.5, 0.6) is 0 Å². The fourth-order valence-corrected chi connectivity index (χ4v) is 4.00. The van der Waals surface area contributed by atoms with E-state index in [9.17, 15) is 4.79 Å². The number of thiazole rings is 1. The summed E-state index contributed by atoms with van der Waals surface area (Å²) in [5.41, 5.74) is 1.73. The molecule has 0 atom stereocenters. The van der Waals surface area contributed by atoms with Gasteiger partial charge in [-0.3, -0.25) is 0 Å². The summed E-state index contributed by atoms with van der Waals surface area (Å²) in [4.78, 5) is 14.9. The molecule has 2 rings (SSSR count). The highest BCUT2D eigenvalue weighted by molar-refractivity contribution is 8.00. The molecule has 1 aromatic rings. The monoisotopic (exact) mass is 286 g/mol. The maximum absolute atomic E-state index is 11.0. The van der Waals surface area contributed by atoms with Crippen molar-refractivity contribution in [1.29, 1.82) is 0 Å². The van der Waals surface area contributed by atoms with Crippen LogP contribution in [-0.2, 0) is 0 Å². The molecule has 0 saturated heterocycles. The molecule has 18 heavy (non-hydrogen) atoms. The number of aromatic nitrogens is 1. The summed E-state index contributed by atoms with van der Waals surface area (Å²) in [7, 11) is 0. The minimum atomic E-state index is -0.958. The van der Waals surface area contributed by atoms with Gasteiger partial charge in [0.2, 0.25) is 0 Å². The maximum atomic E-state index is 11.0. The summed E-state index contributed by atoms with van der Waals surface area (Å²) >= 11 is 3.27. The number of nitrogens with zero attached hydrogens (tertiary/aromatic N) is 1. The fraction of sp³-hybridized carbons (Fsp3) is 0.667. The molecule has 0 unspecified atom stereocenters. The summed E-state index contributed by atoms with van der Waals surface area (Å²) in [5, 5.41) is 13.0. The van der Waals surface area contributed by atoms with Gasteiger partial charge >= 0.3 is 5.97 Å². The van der Waals surface area contributed by atoms with Gasteiger partial charge in [-0.1, -0.05) is 19.3 Å². The van der Waals surface area contributed by atoms with Crippen LogP contribution in [0, 0.1) is 0 Å². The van der Waals surface area contributed by atoms with Crippen LogP contribution in [0.25, 0.3) is 0 Å². The second-order valence-corrected chi connectivity index (χ2v) is 6.77. The standard InChI is InChI=1S/C12H18N2O2S2/c1-17-12(5-3-2-4-6-12)7-13-10-9(11(15)16)14-8-18-10/h8,13H,2-7H2,1H3,(H,15,16). The molecule has 0 bridgehead atoms. The number of carbonyl (C=O) groups is 1. The molecule has 1 fully saturated rings. The summed E-state index contributed by atoms with van der Waals surface area (Å²) in [5.74, 6) is -0.958. The van der Waals surface area contributed by atoms with Crippen molar-refractivity contribution in [3.63, 3.8) is 0 Å². The van der Waals surface area contributed by atoms with Gasteiger partial charge < -0.3 is 10.4 Å². The van der Waals surface area contributed by atoms with Crippen LogP contribution in [0.4, 0.5) is 5.00 Å². The van der Waals surface area contributed by atoms with E-state index in [-0.39, 0.29) is 10.4 Å². The lowest BCUT2D eigenvalue weighted by Crippen LogP contribution is -2.35. The van der Waals surface area contributed by atoms with E-state index >= 15 is 0 Å². The minimum absolute atomic E-state index is 0.145. The van der Waals surface area contributed by atoms with Gasteiger partial charge in [-0.15, -0.1) is 11.3 Å². The lowest BCUT2D eigenvalue weighted by Gasteiger charge is -2.36. The molecule has 0 aromatic carbocycles. The fourth-order valence-electron chi connectivity index (χ4n) is 2.41. The van der Waals surface area contributed by atoms with Gasteiger partial charge in [-0.2, -0.15) is 11.8 Å². The van der Waals surface area contributed by atoms with E-state index in [1.54, 1.807) is 5.51 Å². The van der Waals surface area contributed by atoms with Gasteiger partial charge in [-0.05, 0) is 19.1 Å². The average Bonchev–Trinajstić information content (AvgIpc) is 2.86. The van der Waals surface area contributed by atoms with Crippen LogP contribution >= 0.6 is 23.1 Å². The van der Waals surface area contributed by atoms with Crippen LogP contribution in [0.3, 0.4) is 0 Å². The Morgan fingerprint density at radius 2 is 2.28 bits per heavy atom. The number of thioether (sulfide) groups is 1.